The van der Waals surface area contributed by atoms with Gasteiger partial charge in [0.25, 0.3) is 0 Å². The van der Waals surface area contributed by atoms with E-state index >= 15 is 0 Å². The second-order valence-corrected chi connectivity index (χ2v) is 6.05. The average Bonchev–Trinajstić information content (AvgIpc) is 2.71. The Morgan fingerprint density at radius 2 is 2.15 bits per heavy atom. The number of nitrogens with zero attached hydrogens (tertiary/aromatic N) is 1. The molecule has 2 heterocycles. The van der Waals surface area contributed by atoms with Crippen molar-refractivity contribution in [1.29, 1.82) is 0 Å². The molecule has 2 atom stereocenters. The van der Waals surface area contributed by atoms with E-state index in [0.717, 1.165) is 39.0 Å². The summed E-state index contributed by atoms with van der Waals surface area (Å²) in [6.07, 6.45) is 4.41. The Morgan fingerprint density at radius 1 is 1.40 bits per heavy atom. The molecular weight excluding hydrogens is 259 g/mol. The normalized spacial score (nSPS) is 30.2. The fourth-order valence-electron chi connectivity index (χ4n) is 3.39. The van der Waals surface area contributed by atoms with E-state index in [2.05, 4.69) is 10.2 Å². The first-order valence-corrected chi connectivity index (χ1v) is 7.61. The first-order valence-electron chi connectivity index (χ1n) is 7.61. The van der Waals surface area contributed by atoms with Gasteiger partial charge < -0.3 is 25.4 Å². The van der Waals surface area contributed by atoms with Crippen LogP contribution < -0.4 is 5.32 Å². The van der Waals surface area contributed by atoms with Gasteiger partial charge in [0.05, 0.1) is 0 Å². The van der Waals surface area contributed by atoms with Crippen LogP contribution in [0, 0.1) is 5.92 Å². The molecule has 114 valence electrons. The summed E-state index contributed by atoms with van der Waals surface area (Å²) in [5.41, 5.74) is -0.823. The van der Waals surface area contributed by atoms with Gasteiger partial charge in [-0.2, -0.15) is 0 Å². The van der Waals surface area contributed by atoms with Crippen molar-refractivity contribution in [2.24, 2.45) is 5.92 Å². The maximum atomic E-state index is 11.8. The van der Waals surface area contributed by atoms with Crippen molar-refractivity contribution in [2.45, 2.75) is 44.0 Å². The van der Waals surface area contributed by atoms with Crippen molar-refractivity contribution in [3.8, 4) is 0 Å². The van der Waals surface area contributed by atoms with Gasteiger partial charge in [0.15, 0.2) is 0 Å². The van der Waals surface area contributed by atoms with Gasteiger partial charge >= 0.3 is 13.1 Å². The van der Waals surface area contributed by atoms with E-state index in [-0.39, 0.29) is 5.92 Å². The number of carbonyl (C=O) groups is 1. The summed E-state index contributed by atoms with van der Waals surface area (Å²) >= 11 is 0. The highest BCUT2D eigenvalue weighted by Gasteiger charge is 2.48. The Balaban J connectivity index is 1.91. The first-order chi connectivity index (χ1) is 9.54. The van der Waals surface area contributed by atoms with E-state index in [1.165, 1.54) is 6.42 Å². The molecule has 0 bridgehead atoms. The van der Waals surface area contributed by atoms with E-state index in [4.69, 9.17) is 10.0 Å². The quantitative estimate of drug-likeness (QED) is 0.460. The molecule has 4 N–H and O–H groups in total. The summed E-state index contributed by atoms with van der Waals surface area (Å²) in [7, 11) is -1.29. The molecule has 0 aromatic carbocycles. The maximum Gasteiger partial charge on any atom is 0.451 e. The Kier molecular flexibility index (Phi) is 5.43. The van der Waals surface area contributed by atoms with Crippen LogP contribution in [0.25, 0.3) is 0 Å². The topological polar surface area (TPSA) is 93.0 Å². The van der Waals surface area contributed by atoms with Crippen LogP contribution in [0.3, 0.4) is 0 Å². The van der Waals surface area contributed by atoms with Gasteiger partial charge in [-0.25, -0.2) is 0 Å². The van der Waals surface area contributed by atoms with Gasteiger partial charge in [0.1, 0.15) is 5.54 Å². The number of hydrogen-bond acceptors (Lipinski definition) is 5. The van der Waals surface area contributed by atoms with Crippen molar-refractivity contribution in [3.63, 3.8) is 0 Å². The lowest BCUT2D eigenvalue weighted by Gasteiger charge is -2.37. The molecule has 2 aliphatic rings. The number of carboxylic acids is 1. The van der Waals surface area contributed by atoms with Crippen LogP contribution in [0.4, 0.5) is 0 Å². The minimum Gasteiger partial charge on any atom is -0.480 e. The Morgan fingerprint density at radius 3 is 2.70 bits per heavy atom. The summed E-state index contributed by atoms with van der Waals surface area (Å²) < 4.78 is 0. The van der Waals surface area contributed by atoms with Gasteiger partial charge in [0, 0.05) is 6.54 Å². The van der Waals surface area contributed by atoms with Crippen LogP contribution in [0.15, 0.2) is 0 Å². The third-order valence-corrected chi connectivity index (χ3v) is 4.80. The first kappa shape index (κ1) is 15.8. The van der Waals surface area contributed by atoms with Gasteiger partial charge in [-0.3, -0.25) is 4.79 Å². The zero-order chi connectivity index (χ0) is 14.6. The predicted octanol–water partition coefficient (Wildman–Crippen LogP) is -0.232. The third kappa shape index (κ3) is 3.52. The molecule has 2 rings (SSSR count). The molecule has 2 fully saturated rings. The summed E-state index contributed by atoms with van der Waals surface area (Å²) in [6.45, 7) is 3.73. The minimum atomic E-state index is -1.29. The number of aliphatic carboxylic acids is 1. The Hall–Kier alpha value is -0.625. The molecule has 0 radical (unpaired) electrons. The molecule has 0 unspecified atom stereocenters. The standard InChI is InChI=1S/C13H25BN2O4/c17-12(18)13(5-10-16-8-2-9-16)11(4-7-15-13)3-1-6-14(19)20/h11,15,19-20H,1-10H2,(H,17,18)/t11-,13+/m1/s1. The minimum absolute atomic E-state index is 0.0834. The summed E-state index contributed by atoms with van der Waals surface area (Å²) in [5.74, 6) is -0.676. The fraction of sp³-hybridized carbons (Fsp3) is 0.923. The van der Waals surface area contributed by atoms with Crippen molar-refractivity contribution >= 4 is 13.1 Å². The van der Waals surface area contributed by atoms with Gasteiger partial charge in [-0.15, -0.1) is 0 Å². The smallest absolute Gasteiger partial charge is 0.451 e. The molecule has 2 aliphatic heterocycles. The van der Waals surface area contributed by atoms with Crippen molar-refractivity contribution in [3.05, 3.63) is 0 Å². The van der Waals surface area contributed by atoms with Crippen LogP contribution in [0.2, 0.25) is 6.32 Å². The molecule has 2 saturated heterocycles. The zero-order valence-corrected chi connectivity index (χ0v) is 11.9. The van der Waals surface area contributed by atoms with E-state index in [0.29, 0.717) is 19.2 Å². The van der Waals surface area contributed by atoms with Crippen LogP contribution in [-0.2, 0) is 4.79 Å². The van der Waals surface area contributed by atoms with Crippen molar-refractivity contribution < 1.29 is 19.9 Å². The molecule has 0 aliphatic carbocycles. The van der Waals surface area contributed by atoms with E-state index in [9.17, 15) is 9.90 Å². The Labute approximate surface area is 120 Å². The molecule has 7 heteroatoms. The predicted molar refractivity (Wildman–Crippen MR) is 76.4 cm³/mol. The number of hydrogen-bond donors (Lipinski definition) is 4. The Bertz CT molecular complexity index is 338. The molecule has 0 saturated carbocycles. The molecule has 20 heavy (non-hydrogen) atoms. The molecule has 0 aromatic heterocycles. The van der Waals surface area contributed by atoms with Crippen molar-refractivity contribution in [2.75, 3.05) is 26.2 Å². The number of likely N-dealkylation sites (tertiary alicyclic amines) is 1. The van der Waals surface area contributed by atoms with Crippen LogP contribution in [0.5, 0.6) is 0 Å². The highest BCUT2D eigenvalue weighted by atomic mass is 16.4. The SMILES string of the molecule is O=C(O)[C@@]1(CCN2CCC2)NCC[C@H]1CCCB(O)O. The maximum absolute atomic E-state index is 11.8. The molecule has 0 amide bonds. The summed E-state index contributed by atoms with van der Waals surface area (Å²) in [5, 5.41) is 30.7. The van der Waals surface area contributed by atoms with Crippen LogP contribution in [-0.4, -0.2) is 64.9 Å². The third-order valence-electron chi connectivity index (χ3n) is 4.80. The van der Waals surface area contributed by atoms with Crippen molar-refractivity contribution in [1.82, 2.24) is 10.2 Å². The van der Waals surface area contributed by atoms with Crippen LogP contribution in [0.1, 0.15) is 32.1 Å². The highest BCUT2D eigenvalue weighted by Crippen LogP contribution is 2.35. The average molecular weight is 284 g/mol. The summed E-state index contributed by atoms with van der Waals surface area (Å²) in [4.78, 5) is 14.1. The lowest BCUT2D eigenvalue weighted by atomic mass is 9.76. The van der Waals surface area contributed by atoms with E-state index in [1.807, 2.05) is 0 Å². The van der Waals surface area contributed by atoms with Gasteiger partial charge in [0.2, 0.25) is 0 Å². The molecule has 0 spiro atoms. The largest absolute Gasteiger partial charge is 0.480 e. The summed E-state index contributed by atoms with van der Waals surface area (Å²) in [6, 6.07) is 0. The lowest BCUT2D eigenvalue weighted by Crippen LogP contribution is -2.54. The van der Waals surface area contributed by atoms with Gasteiger partial charge in [-0.05, 0) is 57.6 Å². The molecular formula is C13H25BN2O4. The zero-order valence-electron chi connectivity index (χ0n) is 11.9. The molecule has 6 nitrogen and oxygen atoms in total. The number of rotatable bonds is 8. The highest BCUT2D eigenvalue weighted by molar-refractivity contribution is 6.40. The number of carboxylic acid groups (broad SMARTS) is 1. The van der Waals surface area contributed by atoms with E-state index < -0.39 is 18.6 Å². The molecule has 0 aromatic rings. The monoisotopic (exact) mass is 284 g/mol. The second kappa shape index (κ2) is 6.89. The lowest BCUT2D eigenvalue weighted by molar-refractivity contribution is -0.146. The second-order valence-electron chi connectivity index (χ2n) is 6.05. The fourth-order valence-corrected chi connectivity index (χ4v) is 3.39. The van der Waals surface area contributed by atoms with Gasteiger partial charge in [-0.1, -0.05) is 6.42 Å². The van der Waals surface area contributed by atoms with Crippen LogP contribution >= 0.6 is 0 Å². The van der Waals surface area contributed by atoms with E-state index in [1.54, 1.807) is 0 Å². The number of nitrogens with one attached hydrogen (secondary N) is 1.